The van der Waals surface area contributed by atoms with Crippen molar-refractivity contribution in [1.29, 1.82) is 0 Å². The van der Waals surface area contributed by atoms with Gasteiger partial charge in [-0.2, -0.15) is 0 Å². The molecular weight excluding hydrogens is 853 g/mol. The largest absolute Gasteiger partial charge is 0.337 e. The number of benzene rings is 2. The molecule has 0 unspecified atom stereocenters. The second-order valence-corrected chi connectivity index (χ2v) is 15.9. The first-order chi connectivity index (χ1) is 42.4. The third-order valence-corrected chi connectivity index (χ3v) is 11.7. The molecule has 0 aliphatic heterocycles. The zero-order valence-corrected chi connectivity index (χ0v) is 32.5. The van der Waals surface area contributed by atoms with E-state index in [4.69, 9.17) is 52.7 Å². The van der Waals surface area contributed by atoms with Gasteiger partial charge in [0, 0.05) is 59.3 Å². The van der Waals surface area contributed by atoms with E-state index in [2.05, 4.69) is 14.8 Å². The third kappa shape index (κ3) is 9.73. The van der Waals surface area contributed by atoms with Crippen molar-refractivity contribution in [2.75, 3.05) is 20.0 Å². The van der Waals surface area contributed by atoms with Crippen LogP contribution in [0.3, 0.4) is 0 Å². The summed E-state index contributed by atoms with van der Waals surface area (Å²) in [5, 5.41) is 7.28. The highest BCUT2D eigenvalue weighted by atomic mass is 32.2. The maximum Gasteiger partial charge on any atom is 0.267 e. The van der Waals surface area contributed by atoms with Crippen LogP contribution in [0.25, 0.3) is 0 Å². The van der Waals surface area contributed by atoms with Gasteiger partial charge in [0.2, 0.25) is 11.8 Å². The van der Waals surface area contributed by atoms with Crippen molar-refractivity contribution in [2.45, 2.75) is 78.4 Å². The average Bonchev–Trinajstić information content (AvgIpc) is 1.43. The van der Waals surface area contributed by atoms with E-state index in [0.29, 0.717) is 17.4 Å². The van der Waals surface area contributed by atoms with Crippen LogP contribution in [-0.4, -0.2) is 50.5 Å². The number of ketones is 2. The lowest BCUT2D eigenvalue weighted by Gasteiger charge is -2.14. The Bertz CT molecular complexity index is 4280. The van der Waals surface area contributed by atoms with Crippen molar-refractivity contribution >= 4 is 89.2 Å². The number of amides is 2. The quantitative estimate of drug-likeness (QED) is 0.0846. The van der Waals surface area contributed by atoms with Gasteiger partial charge in [-0.15, -0.1) is 22.7 Å². The van der Waals surface area contributed by atoms with E-state index in [-0.39, 0.29) is 21.6 Å². The van der Waals surface area contributed by atoms with Gasteiger partial charge in [0.1, 0.15) is 19.5 Å². The predicted molar refractivity (Wildman–Crippen MR) is 230 cm³/mol. The van der Waals surface area contributed by atoms with Gasteiger partial charge in [0.05, 0.1) is 28.2 Å². The van der Waals surface area contributed by atoms with E-state index >= 15 is 0 Å². The maximum absolute atomic E-state index is 13.7. The highest BCUT2D eigenvalue weighted by Gasteiger charge is 2.29. The van der Waals surface area contributed by atoms with Crippen molar-refractivity contribution in [3.63, 3.8) is 0 Å². The molecule has 2 aromatic carbocycles. The van der Waals surface area contributed by atoms with E-state index in [1.54, 1.807) is 0 Å². The fraction of sp³-hybridized carbons (Fsp3) is 0.250. The van der Waals surface area contributed by atoms with Crippen LogP contribution >= 0.6 is 22.7 Å². The summed E-state index contributed by atoms with van der Waals surface area (Å²) in [5.41, 5.74) is -15.4. The van der Waals surface area contributed by atoms with E-state index in [0.717, 1.165) is 23.8 Å². The van der Waals surface area contributed by atoms with Crippen molar-refractivity contribution in [2.24, 2.45) is 0 Å². The summed E-state index contributed by atoms with van der Waals surface area (Å²) in [6.45, 7) is -30.1. The Kier molecular flexibility index (Phi) is 5.19. The minimum absolute atomic E-state index is 0.220. The second-order valence-electron chi connectivity index (χ2n) is 11.0. The summed E-state index contributed by atoms with van der Waals surface area (Å²) in [6.07, 6.45) is 0. The van der Waals surface area contributed by atoms with Gasteiger partial charge in [-0.1, -0.05) is 22.4 Å². The Morgan fingerprint density at radius 2 is 1.10 bits per heavy atom. The van der Waals surface area contributed by atoms with E-state index in [1.807, 2.05) is 0 Å². The molecule has 6 rings (SSSR count). The Labute approximate surface area is 404 Å². The molecule has 4 N–H and O–H groups in total. The lowest BCUT2D eigenvalue weighted by Crippen LogP contribution is -2.20. The van der Waals surface area contributed by atoms with Crippen molar-refractivity contribution in [3.8, 4) is 0 Å². The topological polar surface area (TPSA) is 237 Å². The van der Waals surface area contributed by atoms with Crippen LogP contribution in [0.4, 0.5) is 23.1 Å². The normalized spacial score (nSPS) is 21.8. The average molecular weight is 930 g/mol. The molecule has 0 saturated carbocycles. The highest BCUT2D eigenvalue weighted by Crippen LogP contribution is 2.31. The maximum atomic E-state index is 13.7. The smallest absolute Gasteiger partial charge is 0.267 e. The fourth-order valence-electron chi connectivity index (χ4n) is 4.29. The minimum Gasteiger partial charge on any atom is -0.337 e. The molecule has 316 valence electrons. The summed E-state index contributed by atoms with van der Waals surface area (Å²) in [4.78, 5) is 49.3. The van der Waals surface area contributed by atoms with Gasteiger partial charge in [-0.3, -0.25) is 19.2 Å². The number of carbonyl (C=O) groups excluding carboxylic acids is 4. The first kappa shape index (κ1) is 17.6. The van der Waals surface area contributed by atoms with Crippen LogP contribution in [0, 0.1) is 54.9 Å². The van der Waals surface area contributed by atoms with Gasteiger partial charge in [0.15, 0.2) is 17.2 Å². The number of Topliss-reactive ketones (excluding diaryl/α,β-unsaturated/α-hetero) is 2. The molecule has 0 atom stereocenters. The molecule has 20 heteroatoms. The number of hydrogen-bond acceptors (Lipinski definition) is 14. The summed E-state index contributed by atoms with van der Waals surface area (Å²) >= 11 is 0.546. The van der Waals surface area contributed by atoms with Crippen LogP contribution in [0.5, 0.6) is 0 Å². The lowest BCUT2D eigenvalue weighted by atomic mass is 10.0. The van der Waals surface area contributed by atoms with Gasteiger partial charge >= 0.3 is 0 Å². The number of rotatable bonds is 12. The first-order valence-electron chi connectivity index (χ1n) is 32.5. The predicted octanol–water partition coefficient (Wildman–Crippen LogP) is 8.45. The number of thiophene rings is 2. The van der Waals surface area contributed by atoms with Crippen LogP contribution in [0.15, 0.2) is 65.9 Å². The fourth-order valence-corrected chi connectivity index (χ4v) is 8.78. The molecule has 16 nitrogen and oxygen atoms in total. The molecule has 0 saturated heterocycles. The van der Waals surface area contributed by atoms with Crippen LogP contribution < -0.4 is 20.0 Å². The molecule has 0 fully saturated rings. The van der Waals surface area contributed by atoms with Crippen LogP contribution in [0.2, 0.25) is 5.65 Å². The molecule has 0 aliphatic rings. The standard InChI is InChI=1S/2C20H21N3O5S2/c2*1-10-8-11(2)17(15(9-10)14(5)24)21-19(25)18-16(6-7-29-18)30(26,27)23-20-12(3)13(4)22-28-20/h2*6-9,23H,1-5H3,(H,21,25)/i1D3,2D3,3D3,4D3,5D3,8D,9D;1D3,2D3,4D3,5D3,8D,9D/hD4. The molecule has 4 aromatic heterocycles. The van der Waals surface area contributed by atoms with Gasteiger partial charge in [-0.05, 0) is 126 Å². The number of carbonyl (C=O) groups is 4. The summed E-state index contributed by atoms with van der Waals surface area (Å²) in [5.74, 6) is -10.1. The number of nitrogens with one attached hydrogen (secondary N) is 4. The zero-order valence-electron chi connectivity index (χ0n) is 64.2. The second kappa shape index (κ2) is 17.7. The first-order valence-corrected chi connectivity index (χ1v) is 19.8. The number of aryl methyl sites for hydroxylation is 2. The van der Waals surface area contributed by atoms with Gasteiger partial charge < -0.3 is 19.7 Å². The summed E-state index contributed by atoms with van der Waals surface area (Å²) in [6, 6.07) is -4.46. The van der Waals surface area contributed by atoms with Crippen LogP contribution in [-0.2, 0) is 20.0 Å². The van der Waals surface area contributed by atoms with Crippen molar-refractivity contribution in [1.82, 2.24) is 10.3 Å². The number of sulfonamides is 2. The third-order valence-electron chi connectivity index (χ3n) is 7.01. The number of anilines is 4. The van der Waals surface area contributed by atoms with E-state index in [9.17, 15) is 36.0 Å². The zero-order chi connectivity index (χ0) is 73.9. The van der Waals surface area contributed by atoms with Crippen LogP contribution in [0.1, 0.15) is 141 Å². The molecule has 6 aromatic rings. The lowest BCUT2D eigenvalue weighted by molar-refractivity contribution is 0.100. The molecule has 0 spiro atoms. The summed E-state index contributed by atoms with van der Waals surface area (Å²) < 4.78 is 336. The minimum atomic E-state index is -5.49. The van der Waals surface area contributed by atoms with Gasteiger partial charge in [-0.25, -0.2) is 26.3 Å². The number of aromatic nitrogens is 2. The molecule has 4 heterocycles. The molecule has 0 aliphatic carbocycles. The number of hydrogen-bond donors (Lipinski definition) is 4. The monoisotopic (exact) mass is 929 g/mol. The number of nitrogens with zero attached hydrogens (tertiary/aromatic N) is 2. The van der Waals surface area contributed by atoms with Crippen molar-refractivity contribution < 1.29 is 93.2 Å². The van der Waals surface area contributed by atoms with Crippen molar-refractivity contribution in [3.05, 3.63) is 113 Å². The molecule has 2 amide bonds. The Balaban J connectivity index is 0.000000345. The summed E-state index contributed by atoms with van der Waals surface area (Å²) in [7, 11) is -10.7. The Morgan fingerprint density at radius 1 is 0.650 bits per heavy atom. The molecule has 0 radical (unpaired) electrons. The Morgan fingerprint density at radius 3 is 1.50 bits per heavy atom. The van der Waals surface area contributed by atoms with E-state index < -0.39 is 238 Å². The SMILES string of the molecule is [2H]c1c(C(=O)C([2H])([2H])[2H])c(N([2H])C(=O)c2sccc2S(=O)(=O)N([2H])c2onc(C([2H])([2H])[2H])c2C([2H])([2H])[2H])c(C([2H])([2H])[2H])c([2H])c1C([2H])([2H])[2H].[2H]c1c(C(=O)C([2H])([2H])[2H])c(N([2H])C(=O)c2sccc2S(=O)(=O)N([2H])c2onc(C([2H])([2H])[2H])c2C)c(C([2H])([2H])[2H])c([2H])c1C([2H])([2H])[2H]. The molecular formula is C40H42N6O10S4. The highest BCUT2D eigenvalue weighted by molar-refractivity contribution is 7.93. The van der Waals surface area contributed by atoms with E-state index in [1.165, 1.54) is 0 Å². The Hall–Kier alpha value is -5.96. The van der Waals surface area contributed by atoms with Gasteiger partial charge in [0.25, 0.3) is 31.9 Å². The molecule has 60 heavy (non-hydrogen) atoms. The molecule has 0 bridgehead atoms.